The zero-order valence-electron chi connectivity index (χ0n) is 17.6. The number of hydrogen-bond donors (Lipinski definition) is 3. The molecule has 0 aliphatic heterocycles. The van der Waals surface area contributed by atoms with E-state index in [1.165, 1.54) is 0 Å². The highest BCUT2D eigenvalue weighted by molar-refractivity contribution is 6.30. The van der Waals surface area contributed by atoms with Crippen molar-refractivity contribution in [1.82, 2.24) is 19.5 Å². The molecule has 1 fully saturated rings. The number of imidazole rings is 1. The molecule has 7 nitrogen and oxygen atoms in total. The van der Waals surface area contributed by atoms with Gasteiger partial charge in [0.25, 0.3) is 0 Å². The Bertz CT molecular complexity index is 992. The molecule has 2 aromatic heterocycles. The first-order valence-corrected chi connectivity index (χ1v) is 11.1. The van der Waals surface area contributed by atoms with Crippen molar-refractivity contribution in [3.8, 4) is 0 Å². The third-order valence-electron chi connectivity index (χ3n) is 5.60. The van der Waals surface area contributed by atoms with Crippen LogP contribution < -0.4 is 16.4 Å². The standard InChI is InChI=1S/C22H30ClN7/c1-14(2)10-11-30-13-25-19-20(26-18-5-3-4-15(23)12-18)28-22(29-21(19)30)27-17-8-6-16(24)7-9-17/h3-5,12-14,16-17H,6-11,24H2,1-2H3,(H2,26,27,28,29). The second-order valence-corrected chi connectivity index (χ2v) is 9.02. The topological polar surface area (TPSA) is 93.7 Å². The van der Waals surface area contributed by atoms with Crippen molar-refractivity contribution in [2.45, 2.75) is 64.6 Å². The van der Waals surface area contributed by atoms with E-state index in [4.69, 9.17) is 27.3 Å². The summed E-state index contributed by atoms with van der Waals surface area (Å²) in [5.41, 5.74) is 8.53. The van der Waals surface area contributed by atoms with Crippen molar-refractivity contribution in [2.24, 2.45) is 11.7 Å². The van der Waals surface area contributed by atoms with E-state index >= 15 is 0 Å². The van der Waals surface area contributed by atoms with Crippen molar-refractivity contribution in [2.75, 3.05) is 10.6 Å². The molecule has 2 heterocycles. The minimum absolute atomic E-state index is 0.309. The average molecular weight is 428 g/mol. The fourth-order valence-corrected chi connectivity index (χ4v) is 4.00. The zero-order chi connectivity index (χ0) is 21.1. The van der Waals surface area contributed by atoms with Crippen LogP contribution in [0.4, 0.5) is 17.5 Å². The molecular formula is C22H30ClN7. The van der Waals surface area contributed by atoms with Crippen LogP contribution in [0.3, 0.4) is 0 Å². The van der Waals surface area contributed by atoms with Gasteiger partial charge < -0.3 is 20.9 Å². The number of fused-ring (bicyclic) bond motifs is 1. The lowest BCUT2D eigenvalue weighted by molar-refractivity contribution is 0.410. The van der Waals surface area contributed by atoms with E-state index in [1.54, 1.807) is 0 Å². The summed E-state index contributed by atoms with van der Waals surface area (Å²) in [5.74, 6) is 1.91. The average Bonchev–Trinajstić information content (AvgIpc) is 3.11. The maximum atomic E-state index is 6.16. The summed E-state index contributed by atoms with van der Waals surface area (Å²) in [5, 5.41) is 7.58. The van der Waals surface area contributed by atoms with Gasteiger partial charge in [-0.1, -0.05) is 31.5 Å². The van der Waals surface area contributed by atoms with E-state index in [2.05, 4.69) is 34.0 Å². The summed E-state index contributed by atoms with van der Waals surface area (Å²) in [6.45, 7) is 5.32. The number of aromatic nitrogens is 4. The monoisotopic (exact) mass is 427 g/mol. The summed E-state index contributed by atoms with van der Waals surface area (Å²) < 4.78 is 2.11. The quantitative estimate of drug-likeness (QED) is 0.493. The van der Waals surface area contributed by atoms with Gasteiger partial charge in [-0.2, -0.15) is 9.97 Å². The fourth-order valence-electron chi connectivity index (χ4n) is 3.81. The lowest BCUT2D eigenvalue weighted by Gasteiger charge is -2.26. The van der Waals surface area contributed by atoms with Crippen LogP contribution in [0, 0.1) is 5.92 Å². The van der Waals surface area contributed by atoms with Gasteiger partial charge in [0.1, 0.15) is 0 Å². The predicted octanol–water partition coefficient (Wildman–Crippen LogP) is 4.95. The smallest absolute Gasteiger partial charge is 0.227 e. The third kappa shape index (κ3) is 5.02. The van der Waals surface area contributed by atoms with Crippen molar-refractivity contribution in [3.05, 3.63) is 35.6 Å². The van der Waals surface area contributed by atoms with Crippen molar-refractivity contribution in [1.29, 1.82) is 0 Å². The minimum atomic E-state index is 0.309. The Kier molecular flexibility index (Phi) is 6.39. The van der Waals surface area contributed by atoms with Crippen LogP contribution in [0.1, 0.15) is 46.0 Å². The maximum absolute atomic E-state index is 6.16. The molecule has 30 heavy (non-hydrogen) atoms. The highest BCUT2D eigenvalue weighted by atomic mass is 35.5. The summed E-state index contributed by atoms with van der Waals surface area (Å²) >= 11 is 6.16. The van der Waals surface area contributed by atoms with Crippen LogP contribution in [0.5, 0.6) is 0 Å². The molecule has 0 bridgehead atoms. The summed E-state index contributed by atoms with van der Waals surface area (Å²) in [6.07, 6.45) is 7.04. The van der Waals surface area contributed by atoms with Crippen LogP contribution in [-0.4, -0.2) is 31.6 Å². The van der Waals surface area contributed by atoms with Gasteiger partial charge in [0.2, 0.25) is 5.95 Å². The first-order chi connectivity index (χ1) is 14.5. The first-order valence-electron chi connectivity index (χ1n) is 10.8. The molecule has 4 N–H and O–H groups in total. The number of benzene rings is 1. The molecule has 0 radical (unpaired) electrons. The normalized spacial score (nSPS) is 19.4. The van der Waals surface area contributed by atoms with Crippen LogP contribution in [0.15, 0.2) is 30.6 Å². The number of nitrogens with two attached hydrogens (primary N) is 1. The summed E-state index contributed by atoms with van der Waals surface area (Å²) in [7, 11) is 0. The van der Waals surface area contributed by atoms with Gasteiger partial charge in [0, 0.05) is 29.3 Å². The van der Waals surface area contributed by atoms with Crippen molar-refractivity contribution >= 4 is 40.2 Å². The minimum Gasteiger partial charge on any atom is -0.351 e. The molecule has 1 saturated carbocycles. The number of aryl methyl sites for hydroxylation is 1. The molecule has 0 amide bonds. The number of rotatable bonds is 7. The third-order valence-corrected chi connectivity index (χ3v) is 5.84. The molecular weight excluding hydrogens is 398 g/mol. The summed E-state index contributed by atoms with van der Waals surface area (Å²) in [6, 6.07) is 8.25. The Labute approximate surface area is 182 Å². The van der Waals surface area contributed by atoms with E-state index in [0.29, 0.717) is 34.8 Å². The molecule has 3 aromatic rings. The summed E-state index contributed by atoms with van der Waals surface area (Å²) in [4.78, 5) is 14.2. The van der Waals surface area contributed by atoms with Gasteiger partial charge in [-0.15, -0.1) is 0 Å². The molecule has 0 saturated heterocycles. The van der Waals surface area contributed by atoms with E-state index in [0.717, 1.165) is 55.5 Å². The van der Waals surface area contributed by atoms with E-state index in [-0.39, 0.29) is 0 Å². The number of nitrogens with one attached hydrogen (secondary N) is 2. The predicted molar refractivity (Wildman–Crippen MR) is 123 cm³/mol. The number of hydrogen-bond acceptors (Lipinski definition) is 6. The second kappa shape index (κ2) is 9.18. The molecule has 160 valence electrons. The van der Waals surface area contributed by atoms with E-state index in [1.807, 2.05) is 30.6 Å². The van der Waals surface area contributed by atoms with Crippen molar-refractivity contribution < 1.29 is 0 Å². The Morgan fingerprint density at radius 2 is 2.00 bits per heavy atom. The molecule has 0 spiro atoms. The van der Waals surface area contributed by atoms with Crippen LogP contribution in [0.25, 0.3) is 11.2 Å². The molecule has 8 heteroatoms. The Hall–Kier alpha value is -2.38. The van der Waals surface area contributed by atoms with Crippen molar-refractivity contribution in [3.63, 3.8) is 0 Å². The maximum Gasteiger partial charge on any atom is 0.227 e. The van der Waals surface area contributed by atoms with Gasteiger partial charge in [-0.05, 0) is 56.2 Å². The van der Waals surface area contributed by atoms with Gasteiger partial charge in [0.15, 0.2) is 17.0 Å². The lowest BCUT2D eigenvalue weighted by Crippen LogP contribution is -2.33. The van der Waals surface area contributed by atoms with Gasteiger partial charge in [-0.3, -0.25) is 0 Å². The highest BCUT2D eigenvalue weighted by Crippen LogP contribution is 2.27. The lowest BCUT2D eigenvalue weighted by atomic mass is 9.92. The highest BCUT2D eigenvalue weighted by Gasteiger charge is 2.21. The Morgan fingerprint density at radius 3 is 2.73 bits per heavy atom. The molecule has 1 aromatic carbocycles. The largest absolute Gasteiger partial charge is 0.351 e. The van der Waals surface area contributed by atoms with Crippen LogP contribution in [-0.2, 0) is 6.54 Å². The van der Waals surface area contributed by atoms with Crippen LogP contribution >= 0.6 is 11.6 Å². The fraction of sp³-hybridized carbons (Fsp3) is 0.500. The second-order valence-electron chi connectivity index (χ2n) is 8.58. The molecule has 0 atom stereocenters. The number of halogens is 1. The number of anilines is 3. The number of nitrogens with zero attached hydrogens (tertiary/aromatic N) is 4. The Balaban J connectivity index is 1.66. The van der Waals surface area contributed by atoms with Crippen LogP contribution in [0.2, 0.25) is 5.02 Å². The van der Waals surface area contributed by atoms with Gasteiger partial charge in [-0.25, -0.2) is 4.98 Å². The molecule has 1 aliphatic rings. The zero-order valence-corrected chi connectivity index (χ0v) is 18.4. The van der Waals surface area contributed by atoms with E-state index < -0.39 is 0 Å². The Morgan fingerprint density at radius 1 is 1.20 bits per heavy atom. The van der Waals surface area contributed by atoms with Gasteiger partial charge in [0.05, 0.1) is 6.33 Å². The molecule has 4 rings (SSSR count). The molecule has 0 unspecified atom stereocenters. The van der Waals surface area contributed by atoms with Gasteiger partial charge >= 0.3 is 0 Å². The SMILES string of the molecule is CC(C)CCn1cnc2c(Nc3cccc(Cl)c3)nc(NC3CCC(N)CC3)nc21. The molecule has 1 aliphatic carbocycles. The van der Waals surface area contributed by atoms with E-state index in [9.17, 15) is 0 Å². The first kappa shape index (κ1) is 20.9.